The molecule has 0 saturated carbocycles. The molecule has 0 N–H and O–H groups in total. The molecular formula is C8H10O2. The van der Waals surface area contributed by atoms with Gasteiger partial charge in [-0.3, -0.25) is 4.79 Å². The van der Waals surface area contributed by atoms with Crippen LogP contribution >= 0.6 is 0 Å². The van der Waals surface area contributed by atoms with E-state index in [9.17, 15) is 4.79 Å². The number of rotatable bonds is 1. The van der Waals surface area contributed by atoms with Crippen LogP contribution < -0.4 is 5.43 Å². The Bertz CT molecular complexity index is 273. The topological polar surface area (TPSA) is 30.2 Å². The maximum atomic E-state index is 11.0. The van der Waals surface area contributed by atoms with Crippen LogP contribution in [-0.4, -0.2) is 0 Å². The molecule has 1 aromatic heterocycles. The van der Waals surface area contributed by atoms with Crippen LogP contribution in [0.2, 0.25) is 0 Å². The van der Waals surface area contributed by atoms with E-state index in [0.717, 1.165) is 17.7 Å². The first kappa shape index (κ1) is 7.06. The molecule has 0 radical (unpaired) electrons. The van der Waals surface area contributed by atoms with Gasteiger partial charge in [-0.1, -0.05) is 6.92 Å². The van der Waals surface area contributed by atoms with Crippen LogP contribution in [0.25, 0.3) is 0 Å². The molecule has 1 heterocycles. The van der Waals surface area contributed by atoms with Gasteiger partial charge in [0.2, 0.25) is 0 Å². The van der Waals surface area contributed by atoms with E-state index in [2.05, 4.69) is 0 Å². The second-order valence-electron chi connectivity index (χ2n) is 2.17. The summed E-state index contributed by atoms with van der Waals surface area (Å²) >= 11 is 0. The lowest BCUT2D eigenvalue weighted by atomic mass is 10.2. The van der Waals surface area contributed by atoms with Crippen LogP contribution in [0.5, 0.6) is 0 Å². The Hall–Kier alpha value is -1.05. The van der Waals surface area contributed by atoms with Gasteiger partial charge in [0.1, 0.15) is 5.76 Å². The Morgan fingerprint density at radius 2 is 2.30 bits per heavy atom. The van der Waals surface area contributed by atoms with E-state index in [0.29, 0.717) is 0 Å². The van der Waals surface area contributed by atoms with Crippen molar-refractivity contribution in [1.82, 2.24) is 0 Å². The number of hydrogen-bond acceptors (Lipinski definition) is 2. The fraction of sp³-hybridized carbons (Fsp3) is 0.375. The van der Waals surface area contributed by atoms with Crippen molar-refractivity contribution in [2.45, 2.75) is 20.3 Å². The van der Waals surface area contributed by atoms with Crippen molar-refractivity contribution in [3.63, 3.8) is 0 Å². The first-order chi connectivity index (χ1) is 4.75. The van der Waals surface area contributed by atoms with Crippen LogP contribution in [0.3, 0.4) is 0 Å². The average Bonchev–Trinajstić information content (AvgIpc) is 1.88. The summed E-state index contributed by atoms with van der Waals surface area (Å²) in [6.07, 6.45) is 2.17. The van der Waals surface area contributed by atoms with Crippen LogP contribution in [0.1, 0.15) is 18.2 Å². The molecule has 0 unspecified atom stereocenters. The van der Waals surface area contributed by atoms with Gasteiger partial charge in [-0.15, -0.1) is 0 Å². The van der Waals surface area contributed by atoms with Gasteiger partial charge in [0, 0.05) is 11.6 Å². The highest BCUT2D eigenvalue weighted by molar-refractivity contribution is 5.15. The van der Waals surface area contributed by atoms with E-state index in [4.69, 9.17) is 4.42 Å². The molecular weight excluding hydrogens is 128 g/mol. The van der Waals surface area contributed by atoms with Crippen molar-refractivity contribution in [2.75, 3.05) is 0 Å². The van der Waals surface area contributed by atoms with E-state index >= 15 is 0 Å². The Morgan fingerprint density at radius 3 is 2.70 bits per heavy atom. The van der Waals surface area contributed by atoms with Crippen molar-refractivity contribution in [3.05, 3.63) is 33.9 Å². The third-order valence-corrected chi connectivity index (χ3v) is 1.54. The summed E-state index contributed by atoms with van der Waals surface area (Å²) < 4.78 is 5.03. The summed E-state index contributed by atoms with van der Waals surface area (Å²) in [6, 6.07) is 1.45. The molecule has 10 heavy (non-hydrogen) atoms. The summed E-state index contributed by atoms with van der Waals surface area (Å²) in [7, 11) is 0. The van der Waals surface area contributed by atoms with E-state index in [1.807, 2.05) is 6.92 Å². The van der Waals surface area contributed by atoms with Crippen molar-refractivity contribution in [1.29, 1.82) is 0 Å². The molecule has 1 rings (SSSR count). The van der Waals surface area contributed by atoms with Crippen molar-refractivity contribution in [3.8, 4) is 0 Å². The third kappa shape index (κ3) is 1.10. The van der Waals surface area contributed by atoms with Crippen LogP contribution in [0.4, 0.5) is 0 Å². The summed E-state index contributed by atoms with van der Waals surface area (Å²) in [5, 5.41) is 0. The first-order valence-electron chi connectivity index (χ1n) is 3.33. The Morgan fingerprint density at radius 1 is 1.60 bits per heavy atom. The molecule has 0 fully saturated rings. The van der Waals surface area contributed by atoms with Crippen molar-refractivity contribution in [2.24, 2.45) is 0 Å². The third-order valence-electron chi connectivity index (χ3n) is 1.54. The van der Waals surface area contributed by atoms with E-state index in [1.165, 1.54) is 12.3 Å². The quantitative estimate of drug-likeness (QED) is 0.588. The lowest BCUT2D eigenvalue weighted by Crippen LogP contribution is -2.07. The van der Waals surface area contributed by atoms with Gasteiger partial charge in [0.15, 0.2) is 5.43 Å². The maximum absolute atomic E-state index is 11.0. The van der Waals surface area contributed by atoms with Crippen LogP contribution in [-0.2, 0) is 6.42 Å². The van der Waals surface area contributed by atoms with Crippen LogP contribution in [0.15, 0.2) is 21.5 Å². The van der Waals surface area contributed by atoms with Gasteiger partial charge in [0.25, 0.3) is 0 Å². The maximum Gasteiger partial charge on any atom is 0.188 e. The molecule has 0 aliphatic rings. The second-order valence-corrected chi connectivity index (χ2v) is 2.17. The number of hydrogen-bond donors (Lipinski definition) is 0. The van der Waals surface area contributed by atoms with Gasteiger partial charge < -0.3 is 4.42 Å². The predicted octanol–water partition coefficient (Wildman–Crippen LogP) is 1.51. The zero-order valence-electron chi connectivity index (χ0n) is 6.18. The Balaban J connectivity index is 3.31. The largest absolute Gasteiger partial charge is 0.469 e. The van der Waals surface area contributed by atoms with Crippen molar-refractivity contribution >= 4 is 0 Å². The predicted molar refractivity (Wildman–Crippen MR) is 39.1 cm³/mol. The smallest absolute Gasteiger partial charge is 0.188 e. The molecule has 0 aromatic carbocycles. The highest BCUT2D eigenvalue weighted by atomic mass is 16.3. The summed E-state index contributed by atoms with van der Waals surface area (Å²) in [5.41, 5.74) is 0.855. The first-order valence-corrected chi connectivity index (χ1v) is 3.33. The molecule has 0 aliphatic heterocycles. The van der Waals surface area contributed by atoms with Gasteiger partial charge in [-0.2, -0.15) is 0 Å². The molecule has 2 heteroatoms. The zero-order valence-corrected chi connectivity index (χ0v) is 6.18. The van der Waals surface area contributed by atoms with Gasteiger partial charge in [-0.05, 0) is 13.3 Å². The average molecular weight is 138 g/mol. The summed E-state index contributed by atoms with van der Waals surface area (Å²) in [6.45, 7) is 3.75. The van der Waals surface area contributed by atoms with E-state index < -0.39 is 0 Å². The second kappa shape index (κ2) is 2.69. The molecule has 1 aromatic rings. The minimum Gasteiger partial charge on any atom is -0.469 e. The fourth-order valence-electron chi connectivity index (χ4n) is 0.966. The lowest BCUT2D eigenvalue weighted by molar-refractivity contribution is 0.506. The highest BCUT2D eigenvalue weighted by Crippen LogP contribution is 2.00. The van der Waals surface area contributed by atoms with E-state index in [-0.39, 0.29) is 5.43 Å². The molecule has 0 amide bonds. The molecule has 0 aliphatic carbocycles. The van der Waals surface area contributed by atoms with E-state index in [1.54, 1.807) is 6.92 Å². The van der Waals surface area contributed by atoms with Gasteiger partial charge in [0.05, 0.1) is 6.26 Å². The monoisotopic (exact) mass is 138 g/mol. The van der Waals surface area contributed by atoms with Gasteiger partial charge >= 0.3 is 0 Å². The minimum absolute atomic E-state index is 0.0752. The fourth-order valence-corrected chi connectivity index (χ4v) is 0.966. The highest BCUT2D eigenvalue weighted by Gasteiger charge is 1.99. The molecule has 0 atom stereocenters. The zero-order chi connectivity index (χ0) is 7.56. The Labute approximate surface area is 59.5 Å². The minimum atomic E-state index is 0.0752. The molecule has 54 valence electrons. The van der Waals surface area contributed by atoms with Crippen LogP contribution in [0, 0.1) is 6.92 Å². The molecule has 0 saturated heterocycles. The van der Waals surface area contributed by atoms with Gasteiger partial charge in [-0.25, -0.2) is 0 Å². The normalized spacial score (nSPS) is 9.80. The molecule has 0 spiro atoms. The Kier molecular flexibility index (Phi) is 1.90. The SMILES string of the molecule is CCc1c(C)occc1=O. The standard InChI is InChI=1S/C8H10O2/c1-3-7-6(2)10-5-4-8(7)9/h4-5H,3H2,1-2H3. The van der Waals surface area contributed by atoms with Crippen molar-refractivity contribution < 1.29 is 4.42 Å². The molecule has 0 bridgehead atoms. The summed E-state index contributed by atoms with van der Waals surface area (Å²) in [5.74, 6) is 0.731. The number of aryl methyl sites for hydroxylation is 1. The molecule has 2 nitrogen and oxygen atoms in total. The summed E-state index contributed by atoms with van der Waals surface area (Å²) in [4.78, 5) is 11.0. The lowest BCUT2D eigenvalue weighted by Gasteiger charge is -1.96.